The van der Waals surface area contributed by atoms with Gasteiger partial charge in [0, 0.05) is 21.4 Å². The van der Waals surface area contributed by atoms with Crippen LogP contribution in [0.25, 0.3) is 0 Å². The van der Waals surface area contributed by atoms with Gasteiger partial charge < -0.3 is 10.5 Å². The second kappa shape index (κ2) is 6.73. The minimum Gasteiger partial charge on any atom is -0.493 e. The standard InChI is InChI=1S/C15H16ClNOS/c1-11-10-13(17)4-7-15(11)19-9-8-18-14-5-2-12(16)3-6-14/h2-7,10H,8-9,17H2,1H3. The van der Waals surface area contributed by atoms with E-state index < -0.39 is 0 Å². The maximum Gasteiger partial charge on any atom is 0.119 e. The van der Waals surface area contributed by atoms with Gasteiger partial charge in [-0.05, 0) is 55.0 Å². The summed E-state index contributed by atoms with van der Waals surface area (Å²) >= 11 is 7.58. The molecule has 0 bridgehead atoms. The van der Waals surface area contributed by atoms with Crippen LogP contribution in [0.15, 0.2) is 47.4 Å². The first-order valence-electron chi connectivity index (χ1n) is 6.02. The van der Waals surface area contributed by atoms with Gasteiger partial charge in [-0.3, -0.25) is 0 Å². The molecule has 0 spiro atoms. The number of thioether (sulfide) groups is 1. The normalized spacial score (nSPS) is 10.4. The van der Waals surface area contributed by atoms with Crippen LogP contribution in [0.3, 0.4) is 0 Å². The van der Waals surface area contributed by atoms with Crippen molar-refractivity contribution in [1.82, 2.24) is 0 Å². The van der Waals surface area contributed by atoms with E-state index in [9.17, 15) is 0 Å². The fourth-order valence-corrected chi connectivity index (χ4v) is 2.64. The molecular weight excluding hydrogens is 278 g/mol. The summed E-state index contributed by atoms with van der Waals surface area (Å²) in [4.78, 5) is 1.24. The Balaban J connectivity index is 1.79. The number of halogens is 1. The highest BCUT2D eigenvalue weighted by Crippen LogP contribution is 2.24. The Morgan fingerprint density at radius 3 is 2.58 bits per heavy atom. The number of hydrogen-bond acceptors (Lipinski definition) is 3. The van der Waals surface area contributed by atoms with Crippen molar-refractivity contribution < 1.29 is 4.74 Å². The maximum atomic E-state index is 5.81. The van der Waals surface area contributed by atoms with Gasteiger partial charge in [0.1, 0.15) is 5.75 Å². The molecule has 0 aliphatic heterocycles. The van der Waals surface area contributed by atoms with Crippen LogP contribution in [-0.4, -0.2) is 12.4 Å². The molecular formula is C15H16ClNOS. The minimum absolute atomic E-state index is 0.663. The molecule has 2 aromatic rings. The van der Waals surface area contributed by atoms with Crippen LogP contribution in [0.2, 0.25) is 5.02 Å². The van der Waals surface area contributed by atoms with Crippen molar-refractivity contribution in [1.29, 1.82) is 0 Å². The van der Waals surface area contributed by atoms with Crippen LogP contribution in [-0.2, 0) is 0 Å². The molecule has 19 heavy (non-hydrogen) atoms. The van der Waals surface area contributed by atoms with Gasteiger partial charge in [0.25, 0.3) is 0 Å². The molecule has 0 aliphatic rings. The summed E-state index contributed by atoms with van der Waals surface area (Å²) in [5.74, 6) is 1.74. The summed E-state index contributed by atoms with van der Waals surface area (Å²) in [6.07, 6.45) is 0. The highest BCUT2D eigenvalue weighted by molar-refractivity contribution is 7.99. The number of anilines is 1. The van der Waals surface area contributed by atoms with Crippen LogP contribution in [0.4, 0.5) is 5.69 Å². The Morgan fingerprint density at radius 1 is 1.16 bits per heavy atom. The summed E-state index contributed by atoms with van der Waals surface area (Å²) in [6, 6.07) is 13.4. The minimum atomic E-state index is 0.663. The molecule has 2 rings (SSSR count). The van der Waals surface area contributed by atoms with E-state index in [4.69, 9.17) is 22.1 Å². The topological polar surface area (TPSA) is 35.2 Å². The second-order valence-corrected chi connectivity index (χ2v) is 5.75. The summed E-state index contributed by atoms with van der Waals surface area (Å²) in [5.41, 5.74) is 7.74. The number of ether oxygens (including phenoxy) is 1. The number of nitrogens with two attached hydrogens (primary N) is 1. The van der Waals surface area contributed by atoms with Crippen LogP contribution < -0.4 is 10.5 Å². The molecule has 0 radical (unpaired) electrons. The fourth-order valence-electron chi connectivity index (χ4n) is 1.68. The van der Waals surface area contributed by atoms with Gasteiger partial charge in [-0.15, -0.1) is 11.8 Å². The molecule has 0 saturated heterocycles. The van der Waals surface area contributed by atoms with E-state index in [2.05, 4.69) is 13.0 Å². The van der Waals surface area contributed by atoms with Crippen molar-refractivity contribution in [3.8, 4) is 5.75 Å². The zero-order chi connectivity index (χ0) is 13.7. The van der Waals surface area contributed by atoms with Gasteiger partial charge in [0.2, 0.25) is 0 Å². The van der Waals surface area contributed by atoms with Gasteiger partial charge in [0.05, 0.1) is 6.61 Å². The highest BCUT2D eigenvalue weighted by Gasteiger charge is 2.00. The Labute approximate surface area is 122 Å². The molecule has 0 atom stereocenters. The Bertz CT molecular complexity index is 542. The summed E-state index contributed by atoms with van der Waals surface area (Å²) in [7, 11) is 0. The Kier molecular flexibility index (Phi) is 5.00. The molecule has 2 N–H and O–H groups in total. The first-order valence-corrected chi connectivity index (χ1v) is 7.39. The van der Waals surface area contributed by atoms with Crippen LogP contribution in [0.1, 0.15) is 5.56 Å². The number of nitrogen functional groups attached to an aromatic ring is 1. The number of benzene rings is 2. The van der Waals surface area contributed by atoms with Gasteiger partial charge >= 0.3 is 0 Å². The Hall–Kier alpha value is -1.32. The number of hydrogen-bond donors (Lipinski definition) is 1. The van der Waals surface area contributed by atoms with Crippen molar-refractivity contribution >= 4 is 29.1 Å². The lowest BCUT2D eigenvalue weighted by molar-refractivity contribution is 0.344. The molecule has 0 saturated carbocycles. The average Bonchev–Trinajstić information content (AvgIpc) is 2.39. The molecule has 0 aromatic heterocycles. The van der Waals surface area contributed by atoms with Crippen molar-refractivity contribution in [3.05, 3.63) is 53.1 Å². The smallest absolute Gasteiger partial charge is 0.119 e. The average molecular weight is 294 g/mol. The lowest BCUT2D eigenvalue weighted by atomic mass is 10.2. The van der Waals surface area contributed by atoms with Crippen molar-refractivity contribution in [2.45, 2.75) is 11.8 Å². The first kappa shape index (κ1) is 14.1. The molecule has 2 nitrogen and oxygen atoms in total. The van der Waals surface area contributed by atoms with E-state index in [1.54, 1.807) is 11.8 Å². The summed E-state index contributed by atoms with van der Waals surface area (Å²) in [6.45, 7) is 2.73. The molecule has 100 valence electrons. The lowest BCUT2D eigenvalue weighted by Gasteiger charge is -2.08. The largest absolute Gasteiger partial charge is 0.493 e. The SMILES string of the molecule is Cc1cc(N)ccc1SCCOc1ccc(Cl)cc1. The van der Waals surface area contributed by atoms with Gasteiger partial charge in [-0.1, -0.05) is 11.6 Å². The van der Waals surface area contributed by atoms with Crippen LogP contribution in [0.5, 0.6) is 5.75 Å². The van der Waals surface area contributed by atoms with E-state index in [0.717, 1.165) is 22.2 Å². The zero-order valence-corrected chi connectivity index (χ0v) is 12.3. The number of rotatable bonds is 5. The second-order valence-electron chi connectivity index (χ2n) is 4.18. The lowest BCUT2D eigenvalue weighted by Crippen LogP contribution is -2.00. The van der Waals surface area contributed by atoms with Gasteiger partial charge in [-0.2, -0.15) is 0 Å². The van der Waals surface area contributed by atoms with Crippen molar-refractivity contribution in [2.75, 3.05) is 18.1 Å². The zero-order valence-electron chi connectivity index (χ0n) is 10.7. The van der Waals surface area contributed by atoms with E-state index in [1.165, 1.54) is 10.5 Å². The molecule has 2 aromatic carbocycles. The van der Waals surface area contributed by atoms with Crippen LogP contribution >= 0.6 is 23.4 Å². The van der Waals surface area contributed by atoms with E-state index in [0.29, 0.717) is 6.61 Å². The third-order valence-corrected chi connectivity index (χ3v) is 4.01. The summed E-state index contributed by atoms with van der Waals surface area (Å²) in [5, 5.41) is 0.722. The van der Waals surface area contributed by atoms with E-state index in [-0.39, 0.29) is 0 Å². The molecule has 0 aliphatic carbocycles. The van der Waals surface area contributed by atoms with Crippen LogP contribution in [0, 0.1) is 6.92 Å². The third-order valence-electron chi connectivity index (χ3n) is 2.62. The van der Waals surface area contributed by atoms with Crippen molar-refractivity contribution in [3.63, 3.8) is 0 Å². The molecule has 0 heterocycles. The first-order chi connectivity index (χ1) is 9.15. The Morgan fingerprint density at radius 2 is 1.89 bits per heavy atom. The van der Waals surface area contributed by atoms with E-state index >= 15 is 0 Å². The predicted octanol–water partition coefficient (Wildman–Crippen LogP) is 4.40. The maximum absolute atomic E-state index is 5.81. The number of aryl methyl sites for hydroxylation is 1. The fraction of sp³-hybridized carbons (Fsp3) is 0.200. The molecule has 4 heteroatoms. The molecule has 0 amide bonds. The van der Waals surface area contributed by atoms with E-state index in [1.807, 2.05) is 36.4 Å². The monoisotopic (exact) mass is 293 g/mol. The third kappa shape index (κ3) is 4.37. The highest BCUT2D eigenvalue weighted by atomic mass is 35.5. The van der Waals surface area contributed by atoms with Gasteiger partial charge in [-0.25, -0.2) is 0 Å². The van der Waals surface area contributed by atoms with Crippen molar-refractivity contribution in [2.24, 2.45) is 0 Å². The quantitative estimate of drug-likeness (QED) is 0.504. The molecule has 0 fully saturated rings. The predicted molar refractivity (Wildman–Crippen MR) is 83.3 cm³/mol. The van der Waals surface area contributed by atoms with Gasteiger partial charge in [0.15, 0.2) is 0 Å². The molecule has 0 unspecified atom stereocenters. The summed E-state index contributed by atoms with van der Waals surface area (Å²) < 4.78 is 5.64.